The molecule has 2 nitrogen and oxygen atoms in total. The number of halogens is 2. The van der Waals surface area contributed by atoms with Crippen LogP contribution in [0.4, 0.5) is 0 Å². The molecule has 0 saturated heterocycles. The normalized spacial score (nSPS) is 10.6. The minimum atomic E-state index is 0.596. The zero-order valence-corrected chi connectivity index (χ0v) is 13.9. The highest BCUT2D eigenvalue weighted by molar-refractivity contribution is 9.10. The van der Waals surface area contributed by atoms with Gasteiger partial charge in [0, 0.05) is 15.5 Å². The molecule has 0 aliphatic carbocycles. The van der Waals surface area contributed by atoms with Gasteiger partial charge in [0.25, 0.3) is 0 Å². The van der Waals surface area contributed by atoms with Gasteiger partial charge in [-0.2, -0.15) is 0 Å². The van der Waals surface area contributed by atoms with Crippen molar-refractivity contribution in [1.29, 1.82) is 0 Å². The van der Waals surface area contributed by atoms with E-state index in [0.717, 1.165) is 21.2 Å². The molecule has 1 aromatic heterocycles. The van der Waals surface area contributed by atoms with Crippen molar-refractivity contribution in [3.05, 3.63) is 49.0 Å². The first-order valence-electron chi connectivity index (χ1n) is 5.48. The van der Waals surface area contributed by atoms with Crippen LogP contribution in [0, 0.1) is 0 Å². The van der Waals surface area contributed by atoms with E-state index in [-0.39, 0.29) is 0 Å². The van der Waals surface area contributed by atoms with Crippen LogP contribution < -0.4 is 10.1 Å². The van der Waals surface area contributed by atoms with Gasteiger partial charge in [0.05, 0.1) is 4.88 Å². The van der Waals surface area contributed by atoms with Crippen molar-refractivity contribution in [2.24, 2.45) is 0 Å². The van der Waals surface area contributed by atoms with E-state index >= 15 is 0 Å². The minimum Gasteiger partial charge on any atom is -0.488 e. The van der Waals surface area contributed by atoms with Gasteiger partial charge >= 0.3 is 0 Å². The lowest BCUT2D eigenvalue weighted by molar-refractivity contribution is 0.308. The van der Waals surface area contributed by atoms with E-state index in [9.17, 15) is 0 Å². The zero-order chi connectivity index (χ0) is 13.0. The predicted molar refractivity (Wildman–Crippen MR) is 83.3 cm³/mol. The van der Waals surface area contributed by atoms with E-state index in [1.165, 1.54) is 10.4 Å². The quantitative estimate of drug-likeness (QED) is 0.807. The predicted octanol–water partition coefficient (Wildman–Crippen LogP) is 4.57. The Morgan fingerprint density at radius 2 is 2.06 bits per heavy atom. The molecule has 0 unspecified atom stereocenters. The first-order valence-corrected chi connectivity index (χ1v) is 7.95. The fraction of sp³-hybridized carbons (Fsp3) is 0.231. The highest BCUT2D eigenvalue weighted by Gasteiger charge is 2.05. The summed E-state index contributed by atoms with van der Waals surface area (Å²) in [6.07, 6.45) is 0. The summed E-state index contributed by atoms with van der Waals surface area (Å²) in [7, 11) is 1.93. The Balaban J connectivity index is 2.05. The number of benzene rings is 1. The van der Waals surface area contributed by atoms with Gasteiger partial charge in [-0.25, -0.2) is 0 Å². The van der Waals surface area contributed by atoms with Gasteiger partial charge in [0.2, 0.25) is 0 Å². The van der Waals surface area contributed by atoms with E-state index in [0.29, 0.717) is 6.61 Å². The Bertz CT molecular complexity index is 527. The smallest absolute Gasteiger partial charge is 0.124 e. The minimum absolute atomic E-state index is 0.596. The molecule has 0 aliphatic heterocycles. The molecular weight excluding hydrogens is 378 g/mol. The van der Waals surface area contributed by atoms with Crippen LogP contribution in [-0.4, -0.2) is 7.05 Å². The Labute approximate surface area is 128 Å². The first-order chi connectivity index (χ1) is 8.70. The number of hydrogen-bond acceptors (Lipinski definition) is 3. The Morgan fingerprint density at radius 1 is 1.22 bits per heavy atom. The van der Waals surface area contributed by atoms with Crippen molar-refractivity contribution in [3.63, 3.8) is 0 Å². The van der Waals surface area contributed by atoms with Crippen LogP contribution in [0.1, 0.15) is 10.4 Å². The van der Waals surface area contributed by atoms with Crippen LogP contribution in [-0.2, 0) is 13.2 Å². The lowest BCUT2D eigenvalue weighted by atomic mass is 10.2. The highest BCUT2D eigenvalue weighted by Crippen LogP contribution is 2.26. The van der Waals surface area contributed by atoms with Crippen molar-refractivity contribution in [2.75, 3.05) is 7.05 Å². The molecule has 1 heterocycles. The van der Waals surface area contributed by atoms with E-state index in [1.807, 2.05) is 25.2 Å². The Morgan fingerprint density at radius 3 is 2.72 bits per heavy atom. The molecule has 0 bridgehead atoms. The second-order valence-electron chi connectivity index (χ2n) is 3.76. The number of nitrogens with one attached hydrogen (secondary N) is 1. The SMILES string of the molecule is CNCc1cc(OCc2sccc2Br)ccc1Br. The number of rotatable bonds is 5. The third-order valence-electron chi connectivity index (χ3n) is 2.45. The lowest BCUT2D eigenvalue weighted by Crippen LogP contribution is -2.06. The fourth-order valence-corrected chi connectivity index (χ4v) is 3.31. The van der Waals surface area contributed by atoms with Crippen molar-refractivity contribution >= 4 is 43.2 Å². The molecule has 0 saturated carbocycles. The first kappa shape index (κ1) is 14.1. The van der Waals surface area contributed by atoms with Crippen molar-refractivity contribution in [3.8, 4) is 5.75 Å². The molecule has 1 N–H and O–H groups in total. The van der Waals surface area contributed by atoms with E-state index in [1.54, 1.807) is 11.3 Å². The van der Waals surface area contributed by atoms with Gasteiger partial charge in [-0.05, 0) is 58.2 Å². The number of thiophene rings is 1. The maximum absolute atomic E-state index is 5.81. The zero-order valence-electron chi connectivity index (χ0n) is 9.87. The maximum Gasteiger partial charge on any atom is 0.124 e. The lowest BCUT2D eigenvalue weighted by Gasteiger charge is -2.09. The monoisotopic (exact) mass is 389 g/mol. The number of ether oxygens (including phenoxy) is 1. The topological polar surface area (TPSA) is 21.3 Å². The molecule has 1 aromatic carbocycles. The molecular formula is C13H13Br2NOS. The van der Waals surface area contributed by atoms with Gasteiger partial charge in [-0.1, -0.05) is 15.9 Å². The van der Waals surface area contributed by atoms with Gasteiger partial charge in [-0.3, -0.25) is 0 Å². The second kappa shape index (κ2) is 6.70. The summed E-state index contributed by atoms with van der Waals surface area (Å²) < 4.78 is 8.01. The summed E-state index contributed by atoms with van der Waals surface area (Å²) >= 11 is 8.73. The second-order valence-corrected chi connectivity index (χ2v) is 6.47. The van der Waals surface area contributed by atoms with Crippen molar-refractivity contribution in [1.82, 2.24) is 5.32 Å². The molecule has 0 aliphatic rings. The molecule has 18 heavy (non-hydrogen) atoms. The summed E-state index contributed by atoms with van der Waals surface area (Å²) in [6, 6.07) is 8.09. The van der Waals surface area contributed by atoms with Crippen molar-refractivity contribution in [2.45, 2.75) is 13.2 Å². The van der Waals surface area contributed by atoms with E-state index in [2.05, 4.69) is 48.6 Å². The van der Waals surface area contributed by atoms with E-state index in [4.69, 9.17) is 4.74 Å². The van der Waals surface area contributed by atoms with Crippen LogP contribution in [0.25, 0.3) is 0 Å². The average Bonchev–Trinajstić information content (AvgIpc) is 2.76. The molecule has 0 spiro atoms. The summed E-state index contributed by atoms with van der Waals surface area (Å²) in [6.45, 7) is 1.42. The third kappa shape index (κ3) is 3.57. The number of hydrogen-bond donors (Lipinski definition) is 1. The molecule has 0 fully saturated rings. The summed E-state index contributed by atoms with van der Waals surface area (Å²) in [5.41, 5.74) is 1.19. The van der Waals surface area contributed by atoms with Gasteiger partial charge in [0.15, 0.2) is 0 Å². The van der Waals surface area contributed by atoms with Gasteiger partial charge in [-0.15, -0.1) is 11.3 Å². The van der Waals surface area contributed by atoms with Gasteiger partial charge in [0.1, 0.15) is 12.4 Å². The summed E-state index contributed by atoms with van der Waals surface area (Å²) in [5.74, 6) is 0.892. The molecule has 2 aromatic rings. The molecule has 0 amide bonds. The maximum atomic E-state index is 5.81. The van der Waals surface area contributed by atoms with Crippen molar-refractivity contribution < 1.29 is 4.74 Å². The third-order valence-corrected chi connectivity index (χ3v) is 5.12. The van der Waals surface area contributed by atoms with E-state index < -0.39 is 0 Å². The Hall–Kier alpha value is -0.360. The average molecular weight is 391 g/mol. The summed E-state index contributed by atoms with van der Waals surface area (Å²) in [5, 5.41) is 5.19. The van der Waals surface area contributed by atoms with Crippen LogP contribution in [0.2, 0.25) is 0 Å². The van der Waals surface area contributed by atoms with Crippen LogP contribution in [0.15, 0.2) is 38.6 Å². The molecule has 96 valence electrons. The van der Waals surface area contributed by atoms with Crippen LogP contribution >= 0.6 is 43.2 Å². The molecule has 2 rings (SSSR count). The van der Waals surface area contributed by atoms with Crippen LogP contribution in [0.3, 0.4) is 0 Å². The fourth-order valence-electron chi connectivity index (χ4n) is 1.54. The molecule has 5 heteroatoms. The van der Waals surface area contributed by atoms with Gasteiger partial charge < -0.3 is 10.1 Å². The molecule has 0 atom stereocenters. The molecule has 0 radical (unpaired) electrons. The van der Waals surface area contributed by atoms with Crippen LogP contribution in [0.5, 0.6) is 5.75 Å². The standard InChI is InChI=1S/C13H13Br2NOS/c1-16-7-9-6-10(2-3-11(9)14)17-8-13-12(15)4-5-18-13/h2-6,16H,7-8H2,1H3. The Kier molecular flexibility index (Phi) is 5.24. The largest absolute Gasteiger partial charge is 0.488 e. The summed E-state index contributed by atoms with van der Waals surface area (Å²) in [4.78, 5) is 1.20. The highest BCUT2D eigenvalue weighted by atomic mass is 79.9.